The highest BCUT2D eigenvalue weighted by Gasteiger charge is 2.13. The molecule has 3 nitrogen and oxygen atoms in total. The van der Waals surface area contributed by atoms with E-state index in [1.807, 2.05) is 0 Å². The Morgan fingerprint density at radius 2 is 2.21 bits per heavy atom. The Bertz CT molecular complexity index is 403. The largest absolute Gasteiger partial charge is 0.351 e. The number of hydrogen-bond acceptors (Lipinski definition) is 2. The number of hydrogen-bond donors (Lipinski definition) is 1. The molecule has 0 bridgehead atoms. The summed E-state index contributed by atoms with van der Waals surface area (Å²) in [5.41, 5.74) is -1.42. The molecule has 0 aliphatic heterocycles. The number of aromatic nitrogens is 1. The second kappa shape index (κ2) is 4.32. The third-order valence-corrected chi connectivity index (χ3v) is 1.94. The molecule has 0 spiro atoms. The molecule has 0 aliphatic carbocycles. The van der Waals surface area contributed by atoms with Crippen LogP contribution < -0.4 is 5.43 Å². The van der Waals surface area contributed by atoms with Crippen LogP contribution in [0.25, 0.3) is 0 Å². The number of nitrogens with one attached hydrogen (secondary N) is 1. The summed E-state index contributed by atoms with van der Waals surface area (Å²) in [6, 6.07) is 0.745. The zero-order valence-electron chi connectivity index (χ0n) is 6.89. The van der Waals surface area contributed by atoms with Crippen molar-refractivity contribution in [3.63, 3.8) is 0 Å². The molecule has 0 aromatic carbocycles. The Kier molecular flexibility index (Phi) is 3.35. The van der Waals surface area contributed by atoms with E-state index in [0.717, 1.165) is 6.07 Å². The van der Waals surface area contributed by atoms with Crippen molar-refractivity contribution in [3.8, 4) is 0 Å². The molecule has 0 radical (unpaired) electrons. The van der Waals surface area contributed by atoms with E-state index in [1.165, 1.54) is 0 Å². The molecule has 14 heavy (non-hydrogen) atoms. The molecule has 0 saturated heterocycles. The molecule has 0 unspecified atom stereocenters. The van der Waals surface area contributed by atoms with Crippen molar-refractivity contribution < 1.29 is 13.6 Å². The van der Waals surface area contributed by atoms with Gasteiger partial charge in [0, 0.05) is 11.6 Å². The number of carbonyl (C=O) groups is 1. The van der Waals surface area contributed by atoms with Gasteiger partial charge in [0.1, 0.15) is 0 Å². The van der Waals surface area contributed by atoms with Crippen LogP contribution in [0.3, 0.4) is 0 Å². The van der Waals surface area contributed by atoms with Gasteiger partial charge in [0.15, 0.2) is 11.7 Å². The highest BCUT2D eigenvalue weighted by atomic mass is 35.5. The maximum Gasteiger partial charge on any atom is 0.278 e. The fourth-order valence-electron chi connectivity index (χ4n) is 0.984. The van der Waals surface area contributed by atoms with Crippen molar-refractivity contribution >= 4 is 17.9 Å². The summed E-state index contributed by atoms with van der Waals surface area (Å²) in [5.74, 6) is -0.188. The number of aromatic amines is 1. The molecular weight excluding hydrogens is 216 g/mol. The van der Waals surface area contributed by atoms with E-state index in [2.05, 4.69) is 4.98 Å². The number of pyridine rings is 1. The van der Waals surface area contributed by atoms with Crippen molar-refractivity contribution in [2.45, 2.75) is 12.3 Å². The van der Waals surface area contributed by atoms with Gasteiger partial charge in [0.05, 0.1) is 17.3 Å². The summed E-state index contributed by atoms with van der Waals surface area (Å²) in [5, 5.41) is 0. The smallest absolute Gasteiger partial charge is 0.278 e. The number of halogens is 3. The van der Waals surface area contributed by atoms with E-state index < -0.39 is 17.5 Å². The van der Waals surface area contributed by atoms with Crippen molar-refractivity contribution in [3.05, 3.63) is 33.2 Å². The second-order valence-corrected chi connectivity index (χ2v) is 2.80. The quantitative estimate of drug-likeness (QED) is 0.626. The first-order chi connectivity index (χ1) is 6.60. The van der Waals surface area contributed by atoms with E-state index in [4.69, 9.17) is 11.6 Å². The zero-order valence-corrected chi connectivity index (χ0v) is 7.65. The van der Waals surface area contributed by atoms with Crippen LogP contribution >= 0.6 is 11.6 Å². The van der Waals surface area contributed by atoms with Gasteiger partial charge >= 0.3 is 0 Å². The van der Waals surface area contributed by atoms with Crippen molar-refractivity contribution in [2.24, 2.45) is 0 Å². The summed E-state index contributed by atoms with van der Waals surface area (Å²) in [6.45, 7) is 0. The molecule has 1 N–H and O–H groups in total. The van der Waals surface area contributed by atoms with E-state index in [0.29, 0.717) is 6.29 Å². The number of aldehydes is 1. The third kappa shape index (κ3) is 1.98. The molecule has 0 saturated carbocycles. The molecule has 6 heteroatoms. The summed E-state index contributed by atoms with van der Waals surface area (Å²) >= 11 is 5.38. The molecule has 1 heterocycles. The maximum absolute atomic E-state index is 12.2. The predicted molar refractivity (Wildman–Crippen MR) is 47.0 cm³/mol. The average molecular weight is 222 g/mol. The highest BCUT2D eigenvalue weighted by molar-refractivity contribution is 6.17. The van der Waals surface area contributed by atoms with Crippen molar-refractivity contribution in [1.29, 1.82) is 0 Å². The van der Waals surface area contributed by atoms with Crippen LogP contribution in [0, 0.1) is 0 Å². The van der Waals surface area contributed by atoms with Gasteiger partial charge in [0.2, 0.25) is 0 Å². The first-order valence-corrected chi connectivity index (χ1v) is 4.19. The molecular formula is C8H6ClF2NO2. The lowest BCUT2D eigenvalue weighted by Crippen LogP contribution is -2.14. The maximum atomic E-state index is 12.2. The van der Waals surface area contributed by atoms with E-state index >= 15 is 0 Å². The summed E-state index contributed by atoms with van der Waals surface area (Å²) in [7, 11) is 0. The van der Waals surface area contributed by atoms with Crippen LogP contribution in [0.15, 0.2) is 10.9 Å². The molecule has 0 atom stereocenters. The van der Waals surface area contributed by atoms with Gasteiger partial charge < -0.3 is 4.98 Å². The minimum atomic E-state index is -2.81. The summed E-state index contributed by atoms with van der Waals surface area (Å²) in [6.07, 6.45) is -2.52. The topological polar surface area (TPSA) is 49.9 Å². The van der Waals surface area contributed by atoms with Gasteiger partial charge in [-0.25, -0.2) is 8.78 Å². The SMILES string of the molecule is O=Cc1[nH]c(C(F)F)cc(=O)c1CCl. The fourth-order valence-corrected chi connectivity index (χ4v) is 1.26. The van der Waals surface area contributed by atoms with Gasteiger partial charge in [-0.3, -0.25) is 9.59 Å². The molecule has 1 rings (SSSR count). The summed E-state index contributed by atoms with van der Waals surface area (Å²) in [4.78, 5) is 23.7. The minimum Gasteiger partial charge on any atom is -0.351 e. The first-order valence-electron chi connectivity index (χ1n) is 3.65. The molecule has 1 aromatic rings. The number of carbonyl (C=O) groups excluding carboxylic acids is 1. The Morgan fingerprint density at radius 3 is 2.64 bits per heavy atom. The van der Waals surface area contributed by atoms with Crippen molar-refractivity contribution in [1.82, 2.24) is 4.98 Å². The minimum absolute atomic E-state index is 0.00562. The van der Waals surface area contributed by atoms with Crippen LogP contribution in [0.2, 0.25) is 0 Å². The number of alkyl halides is 3. The zero-order chi connectivity index (χ0) is 10.7. The van der Waals surface area contributed by atoms with Crippen LogP contribution in [-0.4, -0.2) is 11.3 Å². The van der Waals surface area contributed by atoms with Gasteiger partial charge in [-0.15, -0.1) is 11.6 Å². The molecule has 0 amide bonds. The highest BCUT2D eigenvalue weighted by Crippen LogP contribution is 2.15. The van der Waals surface area contributed by atoms with Gasteiger partial charge in [-0.05, 0) is 0 Å². The second-order valence-electron chi connectivity index (χ2n) is 2.53. The first kappa shape index (κ1) is 10.8. The summed E-state index contributed by atoms with van der Waals surface area (Å²) < 4.78 is 24.4. The average Bonchev–Trinajstić information content (AvgIpc) is 2.16. The standard InChI is InChI=1S/C8H6ClF2NO2/c9-2-4-6(3-13)12-5(8(10)11)1-7(4)14/h1,3,8H,2H2,(H,12,14). The fraction of sp³-hybridized carbons (Fsp3) is 0.250. The molecule has 76 valence electrons. The normalized spacial score (nSPS) is 10.6. The molecule has 0 aliphatic rings. The Balaban J connectivity index is 3.39. The Labute approximate surface area is 82.7 Å². The van der Waals surface area contributed by atoms with E-state index in [9.17, 15) is 18.4 Å². The van der Waals surface area contributed by atoms with Crippen LogP contribution in [0.4, 0.5) is 8.78 Å². The van der Waals surface area contributed by atoms with Crippen LogP contribution in [0.5, 0.6) is 0 Å². The Morgan fingerprint density at radius 1 is 1.57 bits per heavy atom. The Hall–Kier alpha value is -1.23. The van der Waals surface area contributed by atoms with E-state index in [-0.39, 0.29) is 17.1 Å². The lowest BCUT2D eigenvalue weighted by Gasteiger charge is -2.04. The lowest BCUT2D eigenvalue weighted by atomic mass is 10.2. The molecule has 1 aromatic heterocycles. The monoisotopic (exact) mass is 221 g/mol. The van der Waals surface area contributed by atoms with Gasteiger partial charge in [0.25, 0.3) is 6.43 Å². The molecule has 0 fully saturated rings. The van der Waals surface area contributed by atoms with Crippen LogP contribution in [0.1, 0.15) is 28.2 Å². The van der Waals surface area contributed by atoms with Gasteiger partial charge in [-0.2, -0.15) is 0 Å². The van der Waals surface area contributed by atoms with E-state index in [1.54, 1.807) is 0 Å². The van der Waals surface area contributed by atoms with Gasteiger partial charge in [-0.1, -0.05) is 0 Å². The van der Waals surface area contributed by atoms with Crippen molar-refractivity contribution in [2.75, 3.05) is 0 Å². The lowest BCUT2D eigenvalue weighted by molar-refractivity contribution is 0.111. The number of H-pyrrole nitrogens is 1. The third-order valence-electron chi connectivity index (χ3n) is 1.67. The predicted octanol–water partition coefficient (Wildman–Crippen LogP) is 1.86. The van der Waals surface area contributed by atoms with Crippen LogP contribution in [-0.2, 0) is 5.88 Å². The number of rotatable bonds is 3.